The van der Waals surface area contributed by atoms with Crippen LogP contribution < -0.4 is 15.8 Å². The number of amides is 1. The van der Waals surface area contributed by atoms with Gasteiger partial charge < -0.3 is 15.8 Å². The summed E-state index contributed by atoms with van der Waals surface area (Å²) in [6.45, 7) is 6.22. The molecule has 1 aliphatic rings. The summed E-state index contributed by atoms with van der Waals surface area (Å²) in [5, 5.41) is 3.02. The SMILES string of the molecule is COc1ccc(NC(=O)C(C(C)C)N2CCCCCC2)cc1N. The summed E-state index contributed by atoms with van der Waals surface area (Å²) in [6.07, 6.45) is 4.87. The highest BCUT2D eigenvalue weighted by molar-refractivity contribution is 5.95. The molecule has 1 aliphatic heterocycles. The molecule has 0 aliphatic carbocycles. The van der Waals surface area contributed by atoms with Crippen molar-refractivity contribution in [1.82, 2.24) is 4.90 Å². The normalized spacial score (nSPS) is 17.6. The highest BCUT2D eigenvalue weighted by Gasteiger charge is 2.29. The second kappa shape index (κ2) is 8.20. The number of nitrogens with one attached hydrogen (secondary N) is 1. The van der Waals surface area contributed by atoms with E-state index >= 15 is 0 Å². The van der Waals surface area contributed by atoms with Gasteiger partial charge in [-0.15, -0.1) is 0 Å². The zero-order valence-electron chi connectivity index (χ0n) is 14.5. The van der Waals surface area contributed by atoms with Gasteiger partial charge in [-0.25, -0.2) is 0 Å². The van der Waals surface area contributed by atoms with Crippen LogP contribution in [0.25, 0.3) is 0 Å². The van der Waals surface area contributed by atoms with Gasteiger partial charge in [-0.05, 0) is 50.0 Å². The number of anilines is 2. The number of carbonyl (C=O) groups is 1. The molecule has 1 atom stereocenters. The van der Waals surface area contributed by atoms with E-state index in [1.54, 1.807) is 19.2 Å². The van der Waals surface area contributed by atoms with Crippen LogP contribution in [0.4, 0.5) is 11.4 Å². The Morgan fingerprint density at radius 1 is 1.22 bits per heavy atom. The van der Waals surface area contributed by atoms with Gasteiger partial charge in [-0.3, -0.25) is 9.69 Å². The number of hydrogen-bond donors (Lipinski definition) is 2. The van der Waals surface area contributed by atoms with E-state index in [9.17, 15) is 4.79 Å². The molecule has 0 radical (unpaired) electrons. The van der Waals surface area contributed by atoms with Gasteiger partial charge in [-0.1, -0.05) is 26.7 Å². The van der Waals surface area contributed by atoms with E-state index in [1.165, 1.54) is 25.7 Å². The molecule has 1 aromatic rings. The number of nitrogens with zero attached hydrogens (tertiary/aromatic N) is 1. The minimum atomic E-state index is -0.101. The van der Waals surface area contributed by atoms with Crippen molar-refractivity contribution in [3.63, 3.8) is 0 Å². The zero-order valence-corrected chi connectivity index (χ0v) is 14.5. The molecule has 0 spiro atoms. The van der Waals surface area contributed by atoms with Crippen LogP contribution in [0, 0.1) is 5.92 Å². The van der Waals surface area contributed by atoms with Gasteiger partial charge in [0.05, 0.1) is 18.8 Å². The first-order chi connectivity index (χ1) is 11.0. The van der Waals surface area contributed by atoms with Crippen LogP contribution in [0.3, 0.4) is 0 Å². The molecule has 1 fully saturated rings. The van der Waals surface area contributed by atoms with E-state index in [4.69, 9.17) is 10.5 Å². The number of rotatable bonds is 5. The van der Waals surface area contributed by atoms with Crippen LogP contribution >= 0.6 is 0 Å². The van der Waals surface area contributed by atoms with Gasteiger partial charge in [0.1, 0.15) is 5.75 Å². The summed E-state index contributed by atoms with van der Waals surface area (Å²) in [7, 11) is 1.58. The number of ether oxygens (including phenoxy) is 1. The largest absolute Gasteiger partial charge is 0.495 e. The fourth-order valence-corrected chi connectivity index (χ4v) is 3.29. The Hall–Kier alpha value is -1.75. The maximum absolute atomic E-state index is 12.8. The predicted molar refractivity (Wildman–Crippen MR) is 94.7 cm³/mol. The molecule has 5 nitrogen and oxygen atoms in total. The highest BCUT2D eigenvalue weighted by atomic mass is 16.5. The lowest BCUT2D eigenvalue weighted by molar-refractivity contribution is -0.122. The van der Waals surface area contributed by atoms with Crippen molar-refractivity contribution in [3.8, 4) is 5.75 Å². The maximum Gasteiger partial charge on any atom is 0.241 e. The van der Waals surface area contributed by atoms with Crippen LogP contribution in [0.2, 0.25) is 0 Å². The quantitative estimate of drug-likeness (QED) is 0.818. The Kier molecular flexibility index (Phi) is 6.28. The molecule has 0 bridgehead atoms. The Balaban J connectivity index is 2.10. The Labute approximate surface area is 139 Å². The van der Waals surface area contributed by atoms with Crippen molar-refractivity contribution < 1.29 is 9.53 Å². The van der Waals surface area contributed by atoms with Crippen molar-refractivity contribution in [3.05, 3.63) is 18.2 Å². The van der Waals surface area contributed by atoms with Crippen molar-refractivity contribution in [2.75, 3.05) is 31.2 Å². The first-order valence-corrected chi connectivity index (χ1v) is 8.51. The lowest BCUT2D eigenvalue weighted by Crippen LogP contribution is -2.47. The monoisotopic (exact) mass is 319 g/mol. The standard InChI is InChI=1S/C18H29N3O2/c1-13(2)17(21-10-6-4-5-7-11-21)18(22)20-14-8-9-16(23-3)15(19)12-14/h8-9,12-13,17H,4-7,10-11,19H2,1-3H3,(H,20,22). The summed E-state index contributed by atoms with van der Waals surface area (Å²) in [5.74, 6) is 0.936. The van der Waals surface area contributed by atoms with Crippen LogP contribution in [-0.4, -0.2) is 37.0 Å². The van der Waals surface area contributed by atoms with Gasteiger partial charge >= 0.3 is 0 Å². The number of hydrogen-bond acceptors (Lipinski definition) is 4. The van der Waals surface area contributed by atoms with Gasteiger partial charge in [0, 0.05) is 5.69 Å². The third-order valence-corrected chi connectivity index (χ3v) is 4.43. The molecule has 5 heteroatoms. The number of carbonyl (C=O) groups excluding carboxylic acids is 1. The molecule has 0 aromatic heterocycles. The lowest BCUT2D eigenvalue weighted by Gasteiger charge is -2.32. The fourth-order valence-electron chi connectivity index (χ4n) is 3.29. The Morgan fingerprint density at radius 2 is 1.87 bits per heavy atom. The second-order valence-corrected chi connectivity index (χ2v) is 6.59. The molecule has 3 N–H and O–H groups in total. The van der Waals surface area contributed by atoms with Gasteiger partial charge in [-0.2, -0.15) is 0 Å². The van der Waals surface area contributed by atoms with Crippen molar-refractivity contribution in [1.29, 1.82) is 0 Å². The number of nitrogen functional groups attached to an aromatic ring is 1. The minimum absolute atomic E-state index is 0.0477. The average Bonchev–Trinajstić information content (AvgIpc) is 2.76. The zero-order chi connectivity index (χ0) is 16.8. The number of methoxy groups -OCH3 is 1. The summed E-state index contributed by atoms with van der Waals surface area (Å²) < 4.78 is 5.15. The minimum Gasteiger partial charge on any atom is -0.495 e. The number of nitrogens with two attached hydrogens (primary N) is 1. The summed E-state index contributed by atoms with van der Waals surface area (Å²) >= 11 is 0. The third kappa shape index (κ3) is 4.61. The molecule has 1 saturated heterocycles. The van der Waals surface area contributed by atoms with E-state index in [0.29, 0.717) is 17.1 Å². The van der Waals surface area contributed by atoms with Gasteiger partial charge in [0.15, 0.2) is 0 Å². The lowest BCUT2D eigenvalue weighted by atomic mass is 10.0. The van der Waals surface area contributed by atoms with E-state index < -0.39 is 0 Å². The molecular formula is C18H29N3O2. The fraction of sp³-hybridized carbons (Fsp3) is 0.611. The van der Waals surface area contributed by atoms with Gasteiger partial charge in [0.25, 0.3) is 0 Å². The molecule has 1 amide bonds. The molecule has 0 saturated carbocycles. The predicted octanol–water partition coefficient (Wildman–Crippen LogP) is 3.12. The number of benzene rings is 1. The second-order valence-electron chi connectivity index (χ2n) is 6.59. The van der Waals surface area contributed by atoms with Crippen molar-refractivity contribution in [2.24, 2.45) is 5.92 Å². The Morgan fingerprint density at radius 3 is 2.39 bits per heavy atom. The van der Waals surface area contributed by atoms with Crippen LogP contribution in [0.5, 0.6) is 5.75 Å². The van der Waals surface area contributed by atoms with E-state index in [0.717, 1.165) is 13.1 Å². The molecule has 23 heavy (non-hydrogen) atoms. The topological polar surface area (TPSA) is 67.6 Å². The number of likely N-dealkylation sites (tertiary alicyclic amines) is 1. The van der Waals surface area contributed by atoms with E-state index in [2.05, 4.69) is 24.1 Å². The third-order valence-electron chi connectivity index (χ3n) is 4.43. The molecule has 128 valence electrons. The molecule has 1 heterocycles. The maximum atomic E-state index is 12.8. The average molecular weight is 319 g/mol. The van der Waals surface area contributed by atoms with Gasteiger partial charge in [0.2, 0.25) is 5.91 Å². The molecule has 1 unspecified atom stereocenters. The summed E-state index contributed by atoms with van der Waals surface area (Å²) in [6, 6.07) is 5.25. The van der Waals surface area contributed by atoms with Crippen molar-refractivity contribution >= 4 is 17.3 Å². The first kappa shape index (κ1) is 17.6. The van der Waals surface area contributed by atoms with E-state index in [-0.39, 0.29) is 17.9 Å². The van der Waals surface area contributed by atoms with Crippen molar-refractivity contribution in [2.45, 2.75) is 45.6 Å². The van der Waals surface area contributed by atoms with E-state index in [1.807, 2.05) is 6.07 Å². The van der Waals surface area contributed by atoms with Crippen LogP contribution in [-0.2, 0) is 4.79 Å². The first-order valence-electron chi connectivity index (χ1n) is 8.51. The Bertz CT molecular complexity index is 523. The smallest absolute Gasteiger partial charge is 0.241 e. The van der Waals surface area contributed by atoms with Crippen LogP contribution in [0.1, 0.15) is 39.5 Å². The molecule has 2 rings (SSSR count). The van der Waals surface area contributed by atoms with Crippen LogP contribution in [0.15, 0.2) is 18.2 Å². The highest BCUT2D eigenvalue weighted by Crippen LogP contribution is 2.25. The molecular weight excluding hydrogens is 290 g/mol. The molecule has 1 aromatic carbocycles. The summed E-state index contributed by atoms with van der Waals surface area (Å²) in [4.78, 5) is 15.1. The summed E-state index contributed by atoms with van der Waals surface area (Å²) in [5.41, 5.74) is 7.17.